The number of hydrogen-bond donors (Lipinski definition) is 0. The van der Waals surface area contributed by atoms with Gasteiger partial charge in [-0.2, -0.15) is 0 Å². The number of benzene rings is 2. The second-order valence-corrected chi connectivity index (χ2v) is 6.02. The van der Waals surface area contributed by atoms with Crippen LogP contribution in [0.5, 0.6) is 0 Å². The topological polar surface area (TPSA) is 58.9 Å². The Morgan fingerprint density at radius 3 is 2.25 bits per heavy atom. The molecule has 1 heterocycles. The van der Waals surface area contributed by atoms with Gasteiger partial charge in [0, 0.05) is 30.1 Å². The van der Waals surface area contributed by atoms with E-state index in [2.05, 4.69) is 17.1 Å². The highest BCUT2D eigenvalue weighted by Gasteiger charge is 2.35. The van der Waals surface area contributed by atoms with Crippen LogP contribution in [0.15, 0.2) is 64.6 Å². The number of carbonyl (C=O) groups is 2. The smallest absolute Gasteiger partial charge is 0.253 e. The number of rotatable bonds is 1. The molecule has 24 heavy (non-hydrogen) atoms. The maximum absolute atomic E-state index is 12.4. The zero-order chi connectivity index (χ0) is 16.5. The van der Waals surface area contributed by atoms with Crippen LogP contribution in [0.4, 0.5) is 0 Å². The first-order valence-electron chi connectivity index (χ1n) is 8.08. The van der Waals surface area contributed by atoms with Crippen LogP contribution in [0, 0.1) is 0 Å². The Morgan fingerprint density at radius 2 is 1.46 bits per heavy atom. The maximum Gasteiger partial charge on any atom is 0.253 e. The summed E-state index contributed by atoms with van der Waals surface area (Å²) in [5, 5.41) is 0. The van der Waals surface area contributed by atoms with Gasteiger partial charge in [0.15, 0.2) is 0 Å². The second kappa shape index (κ2) is 5.96. The van der Waals surface area contributed by atoms with Gasteiger partial charge in [-0.3, -0.25) is 19.6 Å². The van der Waals surface area contributed by atoms with Crippen LogP contribution < -0.4 is 0 Å². The third-order valence-electron chi connectivity index (χ3n) is 4.56. The third kappa shape index (κ3) is 2.40. The van der Waals surface area contributed by atoms with Crippen molar-refractivity contribution < 1.29 is 9.59 Å². The van der Waals surface area contributed by atoms with Gasteiger partial charge < -0.3 is 0 Å². The van der Waals surface area contributed by atoms with Crippen molar-refractivity contribution in [1.29, 1.82) is 0 Å². The minimum absolute atomic E-state index is 0.227. The number of aliphatic imine (C=N–C) groups is 2. The van der Waals surface area contributed by atoms with Crippen LogP contribution in [-0.2, 0) is 4.79 Å². The molecule has 2 aromatic carbocycles. The van der Waals surface area contributed by atoms with Crippen molar-refractivity contribution in [3.63, 3.8) is 0 Å². The summed E-state index contributed by atoms with van der Waals surface area (Å²) in [6.07, 6.45) is 0.813. The Kier molecular flexibility index (Phi) is 3.65. The molecule has 4 rings (SSSR count). The maximum atomic E-state index is 12.4. The van der Waals surface area contributed by atoms with Crippen LogP contribution in [0.25, 0.3) is 0 Å². The van der Waals surface area contributed by atoms with Gasteiger partial charge in [-0.1, -0.05) is 54.6 Å². The van der Waals surface area contributed by atoms with Crippen molar-refractivity contribution in [2.45, 2.75) is 12.3 Å². The fourth-order valence-corrected chi connectivity index (χ4v) is 3.28. The van der Waals surface area contributed by atoms with E-state index < -0.39 is 11.6 Å². The molecule has 1 unspecified atom stereocenters. The van der Waals surface area contributed by atoms with E-state index in [-0.39, 0.29) is 11.6 Å². The lowest BCUT2D eigenvalue weighted by Crippen LogP contribution is -2.39. The van der Waals surface area contributed by atoms with Gasteiger partial charge in [0.05, 0.1) is 5.71 Å². The summed E-state index contributed by atoms with van der Waals surface area (Å²) in [5.41, 5.74) is 3.17. The summed E-state index contributed by atoms with van der Waals surface area (Å²) >= 11 is 0. The van der Waals surface area contributed by atoms with E-state index in [1.54, 1.807) is 12.1 Å². The molecule has 0 saturated carbocycles. The molecular weight excluding hydrogens is 300 g/mol. The first kappa shape index (κ1) is 14.7. The lowest BCUT2D eigenvalue weighted by atomic mass is 9.85. The van der Waals surface area contributed by atoms with Crippen LogP contribution in [0.3, 0.4) is 0 Å². The number of hydrogen-bond acceptors (Lipinski definition) is 4. The predicted octanol–water partition coefficient (Wildman–Crippen LogP) is 2.87. The fourth-order valence-electron chi connectivity index (χ4n) is 3.28. The molecule has 1 aliphatic carbocycles. The van der Waals surface area contributed by atoms with E-state index in [1.165, 1.54) is 5.56 Å². The molecule has 0 bridgehead atoms. The number of fused-ring (bicyclic) bond motifs is 3. The number of ketones is 2. The molecule has 0 N–H and O–H groups in total. The minimum Gasteiger partial charge on any atom is -0.285 e. The fraction of sp³-hybridized carbons (Fsp3) is 0.200. The van der Waals surface area contributed by atoms with Crippen molar-refractivity contribution in [1.82, 2.24) is 0 Å². The van der Waals surface area contributed by atoms with Crippen LogP contribution in [-0.4, -0.2) is 36.1 Å². The Morgan fingerprint density at radius 1 is 0.750 bits per heavy atom. The van der Waals surface area contributed by atoms with Crippen LogP contribution >= 0.6 is 0 Å². The molecule has 0 radical (unpaired) electrons. The highest BCUT2D eigenvalue weighted by Crippen LogP contribution is 2.25. The second-order valence-electron chi connectivity index (χ2n) is 6.02. The van der Waals surface area contributed by atoms with Gasteiger partial charge in [-0.15, -0.1) is 0 Å². The number of Topliss-reactive ketones (excluding diaryl/α,β-unsaturated/α-hetero) is 2. The average molecular weight is 316 g/mol. The largest absolute Gasteiger partial charge is 0.285 e. The molecule has 0 fully saturated rings. The zero-order valence-corrected chi connectivity index (χ0v) is 13.1. The molecule has 1 atom stereocenters. The normalized spacial score (nSPS) is 20.2. The van der Waals surface area contributed by atoms with Crippen molar-refractivity contribution in [2.24, 2.45) is 9.98 Å². The lowest BCUT2D eigenvalue weighted by Gasteiger charge is -2.22. The molecular formula is C20H16N2O2. The van der Waals surface area contributed by atoms with Crippen LogP contribution in [0.2, 0.25) is 0 Å². The quantitative estimate of drug-likeness (QED) is 0.760. The predicted molar refractivity (Wildman–Crippen MR) is 93.3 cm³/mol. The molecule has 0 aromatic heterocycles. The minimum atomic E-state index is -0.536. The van der Waals surface area contributed by atoms with Gasteiger partial charge in [-0.05, 0) is 12.0 Å². The molecule has 0 amide bonds. The zero-order valence-electron chi connectivity index (χ0n) is 13.1. The van der Waals surface area contributed by atoms with E-state index in [9.17, 15) is 9.59 Å². The molecule has 0 saturated heterocycles. The van der Waals surface area contributed by atoms with E-state index in [4.69, 9.17) is 4.99 Å². The lowest BCUT2D eigenvalue weighted by molar-refractivity contribution is -0.109. The molecule has 1 aliphatic heterocycles. The van der Waals surface area contributed by atoms with E-state index in [1.807, 2.05) is 30.3 Å². The Bertz CT molecular complexity index is 882. The van der Waals surface area contributed by atoms with E-state index in [0.717, 1.165) is 12.0 Å². The number of carbonyl (C=O) groups excluding carboxylic acids is 2. The summed E-state index contributed by atoms with van der Waals surface area (Å²) in [7, 11) is 0. The Hall–Kier alpha value is -2.88. The summed E-state index contributed by atoms with van der Waals surface area (Å²) in [4.78, 5) is 33.8. The summed E-state index contributed by atoms with van der Waals surface area (Å²) < 4.78 is 0. The van der Waals surface area contributed by atoms with E-state index >= 15 is 0 Å². The monoisotopic (exact) mass is 316 g/mol. The van der Waals surface area contributed by atoms with Crippen molar-refractivity contribution in [3.05, 3.63) is 71.3 Å². The molecule has 2 aromatic rings. The summed E-state index contributed by atoms with van der Waals surface area (Å²) in [6.45, 7) is 1.11. The van der Waals surface area contributed by atoms with Crippen LogP contribution in [0.1, 0.15) is 33.8 Å². The first-order chi connectivity index (χ1) is 11.8. The van der Waals surface area contributed by atoms with Gasteiger partial charge >= 0.3 is 0 Å². The summed E-state index contributed by atoms with van der Waals surface area (Å²) in [6, 6.07) is 17.4. The highest BCUT2D eigenvalue weighted by atomic mass is 16.2. The van der Waals surface area contributed by atoms with Gasteiger partial charge in [0.25, 0.3) is 5.78 Å². The van der Waals surface area contributed by atoms with Crippen molar-refractivity contribution in [3.8, 4) is 0 Å². The van der Waals surface area contributed by atoms with E-state index in [0.29, 0.717) is 24.4 Å². The van der Waals surface area contributed by atoms with Crippen molar-refractivity contribution in [2.75, 3.05) is 13.1 Å². The molecule has 2 aliphatic rings. The average Bonchev–Trinajstić information content (AvgIpc) is 2.61. The highest BCUT2D eigenvalue weighted by molar-refractivity contribution is 6.86. The molecule has 118 valence electrons. The number of nitrogens with zero attached hydrogens (tertiary/aromatic N) is 2. The van der Waals surface area contributed by atoms with Gasteiger partial charge in [0.1, 0.15) is 5.71 Å². The third-order valence-corrected chi connectivity index (χ3v) is 4.56. The summed E-state index contributed by atoms with van der Waals surface area (Å²) in [5.74, 6) is -0.752. The Labute approximate surface area is 140 Å². The standard InChI is InChI=1S/C20H16N2O2/c23-19-16-9-5-4-8-15(16)17-18(20(19)24)21-11-10-14(12-22-17)13-6-2-1-3-7-13/h1-9,14H,10-12H2. The Balaban J connectivity index is 1.78. The molecule has 4 nitrogen and oxygen atoms in total. The SMILES string of the molecule is O=C1C(=O)c2ccccc2C2=NCC(c3ccccc3)CCN=C12. The first-order valence-corrected chi connectivity index (χ1v) is 8.08. The van der Waals surface area contributed by atoms with Crippen molar-refractivity contribution >= 4 is 23.0 Å². The molecule has 0 spiro atoms. The molecule has 4 heteroatoms. The van der Waals surface area contributed by atoms with Gasteiger partial charge in [-0.25, -0.2) is 0 Å². The van der Waals surface area contributed by atoms with Gasteiger partial charge in [0.2, 0.25) is 5.78 Å².